The quantitative estimate of drug-likeness (QED) is 0.339. The number of aromatic nitrogens is 6. The predicted octanol–water partition coefficient (Wildman–Crippen LogP) is 5.73. The first-order chi connectivity index (χ1) is 16.3. The maximum atomic E-state index is 5.88. The van der Waals surface area contributed by atoms with Crippen LogP contribution in [0.5, 0.6) is 0 Å². The van der Waals surface area contributed by atoms with Gasteiger partial charge in [0.05, 0.1) is 5.69 Å². The van der Waals surface area contributed by atoms with Gasteiger partial charge in [-0.25, -0.2) is 19.6 Å². The van der Waals surface area contributed by atoms with Crippen LogP contribution in [-0.4, -0.2) is 35.7 Å². The molecule has 33 heavy (non-hydrogen) atoms. The van der Waals surface area contributed by atoms with E-state index in [4.69, 9.17) is 19.8 Å². The number of pyridine rings is 1. The third-order valence-corrected chi connectivity index (χ3v) is 6.84. The molecule has 0 N–H and O–H groups in total. The smallest absolute Gasteiger partial charge is 0.193 e. The Balaban J connectivity index is 1.44. The molecule has 1 aliphatic heterocycles. The minimum Gasteiger partial charge on any atom is -0.356 e. The van der Waals surface area contributed by atoms with Crippen LogP contribution in [0.25, 0.3) is 44.4 Å². The highest BCUT2D eigenvalue weighted by Crippen LogP contribution is 2.39. The Morgan fingerprint density at radius 1 is 1.06 bits per heavy atom. The van der Waals surface area contributed by atoms with Crippen LogP contribution in [0.1, 0.15) is 31.1 Å². The number of fused-ring (bicyclic) bond motifs is 1. The molecule has 0 saturated carbocycles. The van der Waals surface area contributed by atoms with Crippen LogP contribution in [0, 0.1) is 0 Å². The molecule has 8 heteroatoms. The lowest BCUT2D eigenvalue weighted by molar-refractivity contribution is -0.0395. The molecule has 1 atom stereocenters. The first-order valence-electron chi connectivity index (χ1n) is 11.0. The van der Waals surface area contributed by atoms with Crippen LogP contribution >= 0.6 is 11.3 Å². The molecule has 7 nitrogen and oxygen atoms in total. The van der Waals surface area contributed by atoms with Gasteiger partial charge in [-0.3, -0.25) is 0 Å². The number of rotatable bonds is 5. The summed E-state index contributed by atoms with van der Waals surface area (Å²) in [6.07, 6.45) is 10.7. The maximum Gasteiger partial charge on any atom is 0.193 e. The van der Waals surface area contributed by atoms with Gasteiger partial charge >= 0.3 is 0 Å². The lowest BCUT2D eigenvalue weighted by Crippen LogP contribution is -2.18. The molecule has 164 valence electrons. The second kappa shape index (κ2) is 8.38. The van der Waals surface area contributed by atoms with E-state index < -0.39 is 0 Å². The largest absolute Gasteiger partial charge is 0.356 e. The second-order valence-corrected chi connectivity index (χ2v) is 8.99. The fraction of sp³-hybridized carbons (Fsp3) is 0.200. The zero-order chi connectivity index (χ0) is 22.2. The highest BCUT2D eigenvalue weighted by molar-refractivity contribution is 7.18. The molecule has 6 rings (SSSR count). The van der Waals surface area contributed by atoms with Gasteiger partial charge < -0.3 is 9.14 Å². The number of imidazole rings is 1. The summed E-state index contributed by atoms with van der Waals surface area (Å²) < 4.78 is 9.72. The Morgan fingerprint density at radius 2 is 1.97 bits per heavy atom. The SMILES string of the molecule is C=Cc1ccc2nc(-c3nc(-c4ccccc4)c(-c4ncn(C5CCCCO5)n4)s3)cn2c1. The zero-order valence-corrected chi connectivity index (χ0v) is 18.8. The topological polar surface area (TPSA) is 70.1 Å². The number of hydrogen-bond acceptors (Lipinski definition) is 6. The molecule has 5 heterocycles. The molecule has 5 aromatic rings. The van der Waals surface area contributed by atoms with Crippen molar-refractivity contribution in [3.05, 3.63) is 73.3 Å². The van der Waals surface area contributed by atoms with Crippen LogP contribution in [0.3, 0.4) is 0 Å². The van der Waals surface area contributed by atoms with Gasteiger partial charge in [0.15, 0.2) is 12.1 Å². The van der Waals surface area contributed by atoms with Crippen molar-refractivity contribution in [3.8, 4) is 32.7 Å². The van der Waals surface area contributed by atoms with Gasteiger partial charge in [-0.2, -0.15) is 0 Å². The zero-order valence-electron chi connectivity index (χ0n) is 18.0. The first kappa shape index (κ1) is 20.0. The Hall–Kier alpha value is -3.62. The number of benzene rings is 1. The summed E-state index contributed by atoms with van der Waals surface area (Å²) in [4.78, 5) is 15.3. The van der Waals surface area contributed by atoms with Crippen molar-refractivity contribution < 1.29 is 4.74 Å². The molecule has 1 fully saturated rings. The van der Waals surface area contributed by atoms with Crippen molar-refractivity contribution >= 4 is 23.1 Å². The van der Waals surface area contributed by atoms with E-state index >= 15 is 0 Å². The van der Waals surface area contributed by atoms with Crippen molar-refractivity contribution in [1.29, 1.82) is 0 Å². The summed E-state index contributed by atoms with van der Waals surface area (Å²) in [5, 5.41) is 5.61. The summed E-state index contributed by atoms with van der Waals surface area (Å²) >= 11 is 1.56. The Labute approximate surface area is 195 Å². The molecule has 0 amide bonds. The fourth-order valence-corrected chi connectivity index (χ4v) is 5.03. The fourth-order valence-electron chi connectivity index (χ4n) is 4.06. The van der Waals surface area contributed by atoms with E-state index in [0.717, 1.165) is 63.9 Å². The van der Waals surface area contributed by atoms with Gasteiger partial charge in [-0.15, -0.1) is 16.4 Å². The molecule has 0 radical (unpaired) electrons. The van der Waals surface area contributed by atoms with Crippen LogP contribution < -0.4 is 0 Å². The van der Waals surface area contributed by atoms with Gasteiger partial charge in [-0.05, 0) is 37.0 Å². The Bertz CT molecular complexity index is 1430. The Morgan fingerprint density at radius 3 is 2.79 bits per heavy atom. The molecule has 1 saturated heterocycles. The van der Waals surface area contributed by atoms with E-state index in [1.165, 1.54) is 0 Å². The molecule has 0 aliphatic carbocycles. The summed E-state index contributed by atoms with van der Waals surface area (Å²) in [7, 11) is 0. The van der Waals surface area contributed by atoms with Crippen molar-refractivity contribution in [1.82, 2.24) is 29.1 Å². The molecule has 0 spiro atoms. The van der Waals surface area contributed by atoms with E-state index in [0.29, 0.717) is 5.82 Å². The van der Waals surface area contributed by atoms with Crippen LogP contribution in [0.4, 0.5) is 0 Å². The van der Waals surface area contributed by atoms with Gasteiger partial charge in [-0.1, -0.05) is 43.0 Å². The summed E-state index contributed by atoms with van der Waals surface area (Å²) in [5.74, 6) is 0.657. The minimum absolute atomic E-state index is 0.0509. The molecule has 1 aliphatic rings. The highest BCUT2D eigenvalue weighted by atomic mass is 32.1. The third-order valence-electron chi connectivity index (χ3n) is 5.77. The lowest BCUT2D eigenvalue weighted by atomic mass is 10.1. The Kier molecular flexibility index (Phi) is 5.09. The van der Waals surface area contributed by atoms with Crippen molar-refractivity contribution in [3.63, 3.8) is 0 Å². The van der Waals surface area contributed by atoms with Crippen LogP contribution in [0.15, 0.2) is 67.8 Å². The minimum atomic E-state index is -0.0509. The molecule has 1 aromatic carbocycles. The van der Waals surface area contributed by atoms with Gasteiger partial charge in [0.2, 0.25) is 0 Å². The highest BCUT2D eigenvalue weighted by Gasteiger charge is 2.23. The number of nitrogens with zero attached hydrogens (tertiary/aromatic N) is 6. The summed E-state index contributed by atoms with van der Waals surface area (Å²) in [6, 6.07) is 14.1. The van der Waals surface area contributed by atoms with Crippen molar-refractivity contribution in [2.75, 3.05) is 6.61 Å². The maximum absolute atomic E-state index is 5.88. The van der Waals surface area contributed by atoms with E-state index in [1.54, 1.807) is 17.7 Å². The number of hydrogen-bond donors (Lipinski definition) is 0. The average Bonchev–Trinajstić information content (AvgIpc) is 3.62. The molecule has 0 bridgehead atoms. The van der Waals surface area contributed by atoms with Gasteiger partial charge in [0.1, 0.15) is 27.6 Å². The summed E-state index contributed by atoms with van der Waals surface area (Å²) in [6.45, 7) is 4.62. The summed E-state index contributed by atoms with van der Waals surface area (Å²) in [5.41, 5.74) is 4.61. The number of ether oxygens (including phenoxy) is 1. The molecule has 4 aromatic heterocycles. The van der Waals surface area contributed by atoms with Crippen LogP contribution in [-0.2, 0) is 4.74 Å². The average molecular weight is 455 g/mol. The lowest BCUT2D eigenvalue weighted by Gasteiger charge is -2.21. The first-order valence-corrected chi connectivity index (χ1v) is 11.8. The van der Waals surface area contributed by atoms with Crippen molar-refractivity contribution in [2.45, 2.75) is 25.5 Å². The van der Waals surface area contributed by atoms with E-state index in [-0.39, 0.29) is 6.23 Å². The number of thiazole rings is 1. The third kappa shape index (κ3) is 3.77. The predicted molar refractivity (Wildman–Crippen MR) is 130 cm³/mol. The standard InChI is InChI=1S/C25H22N6OS/c1-2-17-11-12-20-27-19(15-30(20)14-17)25-28-22(18-8-4-3-5-9-18)23(33-25)24-26-16-31(29-24)21-10-6-7-13-32-21/h2-5,8-9,11-12,14-16,21H,1,6-7,10,13H2. The van der Waals surface area contributed by atoms with Crippen LogP contribution in [0.2, 0.25) is 0 Å². The van der Waals surface area contributed by atoms with E-state index in [9.17, 15) is 0 Å². The second-order valence-electron chi connectivity index (χ2n) is 7.99. The van der Waals surface area contributed by atoms with E-state index in [1.807, 2.05) is 57.9 Å². The normalized spacial score (nSPS) is 16.3. The molecular weight excluding hydrogens is 432 g/mol. The van der Waals surface area contributed by atoms with Gasteiger partial charge in [0, 0.05) is 24.6 Å². The molecular formula is C25H22N6OS. The van der Waals surface area contributed by atoms with Gasteiger partial charge in [0.25, 0.3) is 0 Å². The van der Waals surface area contributed by atoms with E-state index in [2.05, 4.69) is 23.7 Å². The van der Waals surface area contributed by atoms with Crippen molar-refractivity contribution in [2.24, 2.45) is 0 Å². The molecule has 1 unspecified atom stereocenters. The monoisotopic (exact) mass is 454 g/mol.